The molecule has 1 rings (SSSR count). The highest BCUT2D eigenvalue weighted by Crippen LogP contribution is 2.17. The van der Waals surface area contributed by atoms with Crippen molar-refractivity contribution in [3.63, 3.8) is 0 Å². The van der Waals surface area contributed by atoms with Gasteiger partial charge < -0.3 is 10.1 Å². The minimum absolute atomic E-state index is 0.194. The molecule has 0 radical (unpaired) electrons. The summed E-state index contributed by atoms with van der Waals surface area (Å²) < 4.78 is 5.19. The van der Waals surface area contributed by atoms with Gasteiger partial charge in [-0.25, -0.2) is 4.79 Å². The normalized spacial score (nSPS) is 12.3. The van der Waals surface area contributed by atoms with Crippen LogP contribution in [0.15, 0.2) is 46.7 Å². The number of nitrogens with one attached hydrogen (secondary N) is 1. The molecule has 1 unspecified atom stereocenters. The molecule has 1 amide bonds. The first kappa shape index (κ1) is 19.6. The molecule has 0 bridgehead atoms. The van der Waals surface area contributed by atoms with Crippen LogP contribution < -0.4 is 5.32 Å². The number of esters is 1. The Kier molecular flexibility index (Phi) is 9.55. The number of rotatable bonds is 9. The zero-order valence-electron chi connectivity index (χ0n) is 13.7. The van der Waals surface area contributed by atoms with E-state index in [1.807, 2.05) is 36.6 Å². The zero-order valence-corrected chi connectivity index (χ0v) is 15.3. The molecule has 4 nitrogen and oxygen atoms in total. The van der Waals surface area contributed by atoms with Crippen LogP contribution in [0.2, 0.25) is 0 Å². The Hall–Kier alpha value is -1.40. The number of amides is 1. The van der Waals surface area contributed by atoms with E-state index in [2.05, 4.69) is 5.32 Å². The molecule has 0 saturated carbocycles. The van der Waals surface area contributed by atoms with Crippen molar-refractivity contribution in [2.75, 3.05) is 12.0 Å². The van der Waals surface area contributed by atoms with Crippen LogP contribution in [-0.4, -0.2) is 36.0 Å². The van der Waals surface area contributed by atoms with Crippen molar-refractivity contribution in [3.05, 3.63) is 41.8 Å². The second-order valence-corrected chi connectivity index (χ2v) is 7.03. The number of hydrogen-bond donors (Lipinski definition) is 1. The van der Waals surface area contributed by atoms with Gasteiger partial charge in [0.25, 0.3) is 0 Å². The van der Waals surface area contributed by atoms with Crippen LogP contribution in [0.3, 0.4) is 0 Å². The molecule has 1 aromatic carbocycles. The predicted molar refractivity (Wildman–Crippen MR) is 97.6 cm³/mol. The lowest BCUT2D eigenvalue weighted by Gasteiger charge is -2.18. The number of hydrogen-bond acceptors (Lipinski definition) is 5. The molecule has 0 aliphatic heterocycles. The van der Waals surface area contributed by atoms with Gasteiger partial charge in [0.1, 0.15) is 6.04 Å². The fourth-order valence-electron chi connectivity index (χ4n) is 1.69. The van der Waals surface area contributed by atoms with Crippen LogP contribution in [0, 0.1) is 0 Å². The monoisotopic (exact) mass is 353 g/mol. The van der Waals surface area contributed by atoms with E-state index in [-0.39, 0.29) is 18.0 Å². The Labute approximate surface area is 146 Å². The molecule has 0 saturated heterocycles. The number of benzene rings is 1. The SMILES string of the molecule is CSCCC(NC(=O)C=CSc1ccccc1)C(=O)OC(C)C. The van der Waals surface area contributed by atoms with E-state index in [1.165, 1.54) is 17.8 Å². The summed E-state index contributed by atoms with van der Waals surface area (Å²) in [5.41, 5.74) is 0. The average molecular weight is 354 g/mol. The van der Waals surface area contributed by atoms with Gasteiger partial charge in [0.15, 0.2) is 0 Å². The second kappa shape index (κ2) is 11.2. The summed E-state index contributed by atoms with van der Waals surface area (Å²) in [6.45, 7) is 3.59. The Bertz CT molecular complexity index is 518. The maximum Gasteiger partial charge on any atom is 0.328 e. The Morgan fingerprint density at radius 3 is 2.57 bits per heavy atom. The summed E-state index contributed by atoms with van der Waals surface area (Å²) >= 11 is 3.08. The first-order valence-electron chi connectivity index (χ1n) is 7.41. The van der Waals surface area contributed by atoms with Gasteiger partial charge in [-0.1, -0.05) is 30.0 Å². The summed E-state index contributed by atoms with van der Waals surface area (Å²) in [7, 11) is 0. The molecule has 0 heterocycles. The quantitative estimate of drug-likeness (QED) is 0.418. The molecular formula is C17H23NO3S2. The molecular weight excluding hydrogens is 330 g/mol. The smallest absolute Gasteiger partial charge is 0.328 e. The summed E-state index contributed by atoms with van der Waals surface area (Å²) in [6, 6.07) is 9.15. The highest BCUT2D eigenvalue weighted by atomic mass is 32.2. The van der Waals surface area contributed by atoms with Crippen molar-refractivity contribution in [2.24, 2.45) is 0 Å². The summed E-state index contributed by atoms with van der Waals surface area (Å²) in [5, 5.41) is 4.43. The first-order valence-corrected chi connectivity index (χ1v) is 9.68. The molecule has 0 aliphatic rings. The fourth-order valence-corrected chi connectivity index (χ4v) is 2.83. The van der Waals surface area contributed by atoms with E-state index in [9.17, 15) is 9.59 Å². The summed E-state index contributed by atoms with van der Waals surface area (Å²) in [5.74, 6) is 0.104. The first-order chi connectivity index (χ1) is 11.0. The number of thioether (sulfide) groups is 2. The van der Waals surface area contributed by atoms with Crippen LogP contribution >= 0.6 is 23.5 Å². The van der Waals surface area contributed by atoms with Crippen molar-refractivity contribution >= 4 is 35.4 Å². The van der Waals surface area contributed by atoms with E-state index in [0.29, 0.717) is 6.42 Å². The predicted octanol–water partition coefficient (Wildman–Crippen LogP) is 3.48. The van der Waals surface area contributed by atoms with E-state index in [1.54, 1.807) is 31.0 Å². The largest absolute Gasteiger partial charge is 0.461 e. The van der Waals surface area contributed by atoms with Gasteiger partial charge in [-0.2, -0.15) is 11.8 Å². The zero-order chi connectivity index (χ0) is 17.1. The highest BCUT2D eigenvalue weighted by Gasteiger charge is 2.21. The average Bonchev–Trinajstić information content (AvgIpc) is 2.51. The Morgan fingerprint density at radius 1 is 1.26 bits per heavy atom. The van der Waals surface area contributed by atoms with Gasteiger partial charge >= 0.3 is 5.97 Å². The third-order valence-electron chi connectivity index (χ3n) is 2.73. The van der Waals surface area contributed by atoms with Crippen molar-refractivity contribution < 1.29 is 14.3 Å². The third kappa shape index (κ3) is 8.71. The van der Waals surface area contributed by atoms with Crippen LogP contribution in [0.25, 0.3) is 0 Å². The van der Waals surface area contributed by atoms with Gasteiger partial charge in [-0.3, -0.25) is 4.79 Å². The molecule has 1 N–H and O–H groups in total. The maximum absolute atomic E-state index is 12.0. The molecule has 0 aliphatic carbocycles. The summed E-state index contributed by atoms with van der Waals surface area (Å²) in [4.78, 5) is 25.0. The van der Waals surface area contributed by atoms with E-state index in [4.69, 9.17) is 4.74 Å². The second-order valence-electron chi connectivity index (χ2n) is 5.06. The van der Waals surface area contributed by atoms with E-state index >= 15 is 0 Å². The van der Waals surface area contributed by atoms with Crippen LogP contribution in [-0.2, 0) is 14.3 Å². The molecule has 0 fully saturated rings. The lowest BCUT2D eigenvalue weighted by Crippen LogP contribution is -2.42. The molecule has 1 aromatic rings. The standard InChI is InChI=1S/C17H23NO3S2/c1-13(2)21-17(20)15(9-11-22-3)18-16(19)10-12-23-14-7-5-4-6-8-14/h4-8,10,12-13,15H,9,11H2,1-3H3,(H,18,19). The van der Waals surface area contributed by atoms with Crippen molar-refractivity contribution in [1.29, 1.82) is 0 Å². The van der Waals surface area contributed by atoms with Crippen LogP contribution in [0.5, 0.6) is 0 Å². The Balaban J connectivity index is 2.53. The minimum atomic E-state index is -0.608. The lowest BCUT2D eigenvalue weighted by atomic mass is 10.2. The molecule has 1 atom stereocenters. The highest BCUT2D eigenvalue weighted by molar-refractivity contribution is 8.02. The van der Waals surface area contributed by atoms with Crippen LogP contribution in [0.4, 0.5) is 0 Å². The number of carbonyl (C=O) groups excluding carboxylic acids is 2. The van der Waals surface area contributed by atoms with Gasteiger partial charge in [-0.15, -0.1) is 0 Å². The molecule has 126 valence electrons. The van der Waals surface area contributed by atoms with E-state index in [0.717, 1.165) is 10.6 Å². The van der Waals surface area contributed by atoms with Gasteiger partial charge in [0.05, 0.1) is 6.10 Å². The van der Waals surface area contributed by atoms with Crippen molar-refractivity contribution in [2.45, 2.75) is 37.3 Å². The number of ether oxygens (including phenoxy) is 1. The van der Waals surface area contributed by atoms with Gasteiger partial charge in [0, 0.05) is 11.0 Å². The van der Waals surface area contributed by atoms with Crippen molar-refractivity contribution in [1.82, 2.24) is 5.32 Å². The van der Waals surface area contributed by atoms with E-state index < -0.39 is 6.04 Å². The molecule has 6 heteroatoms. The van der Waals surface area contributed by atoms with Crippen molar-refractivity contribution in [3.8, 4) is 0 Å². The molecule has 0 aromatic heterocycles. The number of carbonyl (C=O) groups is 2. The Morgan fingerprint density at radius 2 is 1.96 bits per heavy atom. The van der Waals surface area contributed by atoms with Crippen LogP contribution in [0.1, 0.15) is 20.3 Å². The molecule has 23 heavy (non-hydrogen) atoms. The lowest BCUT2D eigenvalue weighted by molar-refractivity contribution is -0.151. The van der Waals surface area contributed by atoms with Gasteiger partial charge in [0.2, 0.25) is 5.91 Å². The third-order valence-corrected chi connectivity index (χ3v) is 4.19. The topological polar surface area (TPSA) is 55.4 Å². The fraction of sp³-hybridized carbons (Fsp3) is 0.412. The minimum Gasteiger partial charge on any atom is -0.461 e. The molecule has 0 spiro atoms. The van der Waals surface area contributed by atoms with Gasteiger partial charge in [-0.05, 0) is 49.8 Å². The maximum atomic E-state index is 12.0. The summed E-state index contributed by atoms with van der Waals surface area (Å²) in [6.07, 6.45) is 3.76.